The molecule has 0 aliphatic heterocycles. The highest BCUT2D eigenvalue weighted by Gasteiger charge is 2.15. The van der Waals surface area contributed by atoms with Gasteiger partial charge in [-0.3, -0.25) is 10.1 Å². The van der Waals surface area contributed by atoms with E-state index >= 15 is 0 Å². The van der Waals surface area contributed by atoms with Crippen molar-refractivity contribution in [3.8, 4) is 5.75 Å². The van der Waals surface area contributed by atoms with Crippen LogP contribution in [0.4, 0.5) is 10.1 Å². The number of hydrogen-bond acceptors (Lipinski definition) is 3. The largest absolute Gasteiger partial charge is 0.486 e. The van der Waals surface area contributed by atoms with E-state index in [9.17, 15) is 14.5 Å². The Bertz CT molecular complexity index is 679. The molecule has 21 heavy (non-hydrogen) atoms. The third kappa shape index (κ3) is 3.79. The molecule has 2 rings (SSSR count). The first-order valence-corrected chi connectivity index (χ1v) is 7.83. The summed E-state index contributed by atoms with van der Waals surface area (Å²) in [4.78, 5) is 10.4. The smallest absolute Gasteiger partial charge is 0.283 e. The second-order valence-electron chi connectivity index (χ2n) is 4.19. The Morgan fingerprint density at radius 2 is 2.05 bits per heavy atom. The summed E-state index contributed by atoms with van der Waals surface area (Å²) in [5.41, 5.74) is 1.33. The molecular weight excluding hydrogens is 409 g/mol. The zero-order valence-corrected chi connectivity index (χ0v) is 13.9. The summed E-state index contributed by atoms with van der Waals surface area (Å²) in [5.74, 6) is -0.355. The van der Waals surface area contributed by atoms with Gasteiger partial charge in [0.2, 0.25) is 0 Å². The Hall–Kier alpha value is -1.47. The topological polar surface area (TPSA) is 52.4 Å². The number of hydrogen-bond donors (Lipinski definition) is 0. The Morgan fingerprint density at radius 3 is 2.67 bits per heavy atom. The van der Waals surface area contributed by atoms with Gasteiger partial charge in [0.25, 0.3) is 5.69 Å². The lowest BCUT2D eigenvalue weighted by Gasteiger charge is -2.09. The standard InChI is InChI=1S/C14H10Br2FNO3/c15-7-9-4-5-13(11(17)6-9)21-8-10-2-1-3-12(14(10)16)18(19)20/h1-6H,7-8H2. The molecule has 0 aromatic heterocycles. The second-order valence-corrected chi connectivity index (χ2v) is 5.55. The lowest BCUT2D eigenvalue weighted by atomic mass is 10.2. The quantitative estimate of drug-likeness (QED) is 0.391. The summed E-state index contributed by atoms with van der Waals surface area (Å²) in [6, 6.07) is 9.30. The van der Waals surface area contributed by atoms with Gasteiger partial charge in [-0.15, -0.1) is 0 Å². The highest BCUT2D eigenvalue weighted by atomic mass is 79.9. The third-order valence-corrected chi connectivity index (χ3v) is 4.35. The van der Waals surface area contributed by atoms with Crippen molar-refractivity contribution >= 4 is 37.5 Å². The molecule has 2 aromatic rings. The molecular formula is C14H10Br2FNO3. The summed E-state index contributed by atoms with van der Waals surface area (Å²) < 4.78 is 19.5. The van der Waals surface area contributed by atoms with Crippen molar-refractivity contribution < 1.29 is 14.1 Å². The van der Waals surface area contributed by atoms with Crippen molar-refractivity contribution in [1.29, 1.82) is 0 Å². The van der Waals surface area contributed by atoms with Gasteiger partial charge in [-0.2, -0.15) is 0 Å². The van der Waals surface area contributed by atoms with Crippen molar-refractivity contribution in [1.82, 2.24) is 0 Å². The van der Waals surface area contributed by atoms with E-state index in [2.05, 4.69) is 31.9 Å². The third-order valence-electron chi connectivity index (χ3n) is 2.79. The number of rotatable bonds is 5. The number of benzene rings is 2. The molecule has 0 saturated heterocycles. The van der Waals surface area contributed by atoms with E-state index in [1.165, 1.54) is 18.2 Å². The molecule has 110 valence electrons. The van der Waals surface area contributed by atoms with Crippen LogP contribution in [0.1, 0.15) is 11.1 Å². The van der Waals surface area contributed by atoms with Crippen LogP contribution in [0.25, 0.3) is 0 Å². The van der Waals surface area contributed by atoms with E-state index in [1.807, 2.05) is 0 Å². The number of alkyl halides is 1. The molecule has 0 radical (unpaired) electrons. The zero-order chi connectivity index (χ0) is 15.4. The maximum atomic E-state index is 13.8. The number of ether oxygens (including phenoxy) is 1. The minimum atomic E-state index is -0.487. The van der Waals surface area contributed by atoms with Gasteiger partial charge in [0.15, 0.2) is 11.6 Å². The lowest BCUT2D eigenvalue weighted by molar-refractivity contribution is -0.385. The normalized spacial score (nSPS) is 10.4. The number of nitro benzene ring substituents is 1. The molecule has 0 spiro atoms. The summed E-state index contributed by atoms with van der Waals surface area (Å²) in [5, 5.41) is 11.4. The van der Waals surface area contributed by atoms with Gasteiger partial charge < -0.3 is 4.74 Å². The van der Waals surface area contributed by atoms with Crippen LogP contribution >= 0.6 is 31.9 Å². The van der Waals surface area contributed by atoms with Gasteiger partial charge in [-0.05, 0) is 33.6 Å². The molecule has 0 aliphatic rings. The van der Waals surface area contributed by atoms with Gasteiger partial charge in [0.05, 0.1) is 4.92 Å². The maximum absolute atomic E-state index is 13.8. The van der Waals surface area contributed by atoms with Crippen LogP contribution in [0.15, 0.2) is 40.9 Å². The van der Waals surface area contributed by atoms with E-state index in [-0.39, 0.29) is 18.0 Å². The van der Waals surface area contributed by atoms with Crippen LogP contribution in [-0.2, 0) is 11.9 Å². The minimum absolute atomic E-state index is 0.0346. The van der Waals surface area contributed by atoms with Gasteiger partial charge in [-0.25, -0.2) is 4.39 Å². The van der Waals surface area contributed by atoms with Gasteiger partial charge >= 0.3 is 0 Å². The van der Waals surface area contributed by atoms with E-state index < -0.39 is 10.7 Å². The number of nitro groups is 1. The summed E-state index contributed by atoms with van der Waals surface area (Å²) >= 11 is 6.42. The molecule has 0 amide bonds. The fourth-order valence-corrected chi connectivity index (χ4v) is 2.59. The van der Waals surface area contributed by atoms with Crippen LogP contribution < -0.4 is 4.74 Å². The molecule has 4 nitrogen and oxygen atoms in total. The minimum Gasteiger partial charge on any atom is -0.486 e. The average molecular weight is 419 g/mol. The number of halogens is 3. The molecule has 0 fully saturated rings. The van der Waals surface area contributed by atoms with E-state index in [1.54, 1.807) is 18.2 Å². The van der Waals surface area contributed by atoms with Crippen molar-refractivity contribution in [3.63, 3.8) is 0 Å². The molecule has 0 unspecified atom stereocenters. The molecule has 0 N–H and O–H groups in total. The van der Waals surface area contributed by atoms with Gasteiger partial charge in [0.1, 0.15) is 11.1 Å². The molecule has 2 aromatic carbocycles. The highest BCUT2D eigenvalue weighted by molar-refractivity contribution is 9.10. The van der Waals surface area contributed by atoms with Crippen molar-refractivity contribution in [2.75, 3.05) is 0 Å². The van der Waals surface area contributed by atoms with E-state index in [0.717, 1.165) is 5.56 Å². The fraction of sp³-hybridized carbons (Fsp3) is 0.143. The summed E-state index contributed by atoms with van der Waals surface area (Å²) in [6.07, 6.45) is 0. The highest BCUT2D eigenvalue weighted by Crippen LogP contribution is 2.29. The van der Waals surface area contributed by atoms with Crippen LogP contribution in [0, 0.1) is 15.9 Å². The van der Waals surface area contributed by atoms with Crippen molar-refractivity contribution in [2.45, 2.75) is 11.9 Å². The zero-order valence-electron chi connectivity index (χ0n) is 10.7. The molecule has 0 saturated carbocycles. The Balaban J connectivity index is 2.17. The van der Waals surface area contributed by atoms with Crippen LogP contribution in [0.3, 0.4) is 0 Å². The monoisotopic (exact) mass is 417 g/mol. The lowest BCUT2D eigenvalue weighted by Crippen LogP contribution is -2.00. The van der Waals surface area contributed by atoms with E-state index in [4.69, 9.17) is 4.74 Å². The first-order valence-electron chi connectivity index (χ1n) is 5.92. The van der Waals surface area contributed by atoms with Gasteiger partial charge in [0, 0.05) is 17.0 Å². The average Bonchev–Trinajstić information content (AvgIpc) is 2.46. The summed E-state index contributed by atoms with van der Waals surface area (Å²) in [6.45, 7) is 0.0346. The predicted molar refractivity (Wildman–Crippen MR) is 84.2 cm³/mol. The van der Waals surface area contributed by atoms with Gasteiger partial charge in [-0.1, -0.05) is 34.1 Å². The Labute approximate surface area is 137 Å². The first-order chi connectivity index (χ1) is 10.0. The molecule has 0 bridgehead atoms. The summed E-state index contributed by atoms with van der Waals surface area (Å²) in [7, 11) is 0. The molecule has 0 heterocycles. The Kier molecular flexibility index (Phi) is 5.30. The van der Waals surface area contributed by atoms with Crippen LogP contribution in [0.2, 0.25) is 0 Å². The molecule has 0 atom stereocenters. The van der Waals surface area contributed by atoms with Crippen molar-refractivity contribution in [2.24, 2.45) is 0 Å². The van der Waals surface area contributed by atoms with Crippen LogP contribution in [0.5, 0.6) is 5.75 Å². The number of nitrogens with zero attached hydrogens (tertiary/aromatic N) is 1. The van der Waals surface area contributed by atoms with Crippen LogP contribution in [-0.4, -0.2) is 4.92 Å². The fourth-order valence-electron chi connectivity index (χ4n) is 1.72. The SMILES string of the molecule is O=[N+]([O-])c1cccc(COc2ccc(CBr)cc2F)c1Br. The second kappa shape index (κ2) is 7.00. The maximum Gasteiger partial charge on any atom is 0.283 e. The Morgan fingerprint density at radius 1 is 1.29 bits per heavy atom. The predicted octanol–water partition coefficient (Wildman–Crippen LogP) is 4.97. The molecule has 7 heteroatoms. The van der Waals surface area contributed by atoms with E-state index in [0.29, 0.717) is 15.4 Å². The molecule has 0 aliphatic carbocycles. The van der Waals surface area contributed by atoms with Crippen molar-refractivity contribution in [3.05, 3.63) is 67.9 Å². The first kappa shape index (κ1) is 15.9.